The Labute approximate surface area is 174 Å². The van der Waals surface area contributed by atoms with Crippen molar-refractivity contribution in [3.63, 3.8) is 0 Å². The molecule has 2 aromatic heterocycles. The van der Waals surface area contributed by atoms with Gasteiger partial charge in [-0.25, -0.2) is 23.2 Å². The van der Waals surface area contributed by atoms with E-state index in [-0.39, 0.29) is 46.1 Å². The molecule has 0 spiro atoms. The zero-order valence-electron chi connectivity index (χ0n) is 16.1. The van der Waals surface area contributed by atoms with Gasteiger partial charge >= 0.3 is 0 Å². The number of carbonyl (C=O) groups is 1. The van der Waals surface area contributed by atoms with Crippen LogP contribution in [0.3, 0.4) is 0 Å². The number of sulfone groups is 1. The summed E-state index contributed by atoms with van der Waals surface area (Å²) in [5, 5.41) is 4.52. The number of nitrogens with zero attached hydrogens (tertiary/aromatic N) is 2. The minimum absolute atomic E-state index is 0.0111. The van der Waals surface area contributed by atoms with Gasteiger partial charge in [0.1, 0.15) is 16.5 Å². The number of fused-ring (bicyclic) bond motifs is 2. The number of halogens is 1. The first-order valence-electron chi connectivity index (χ1n) is 9.02. The summed E-state index contributed by atoms with van der Waals surface area (Å²) in [6.07, 6.45) is -0.167. The van der Waals surface area contributed by atoms with E-state index in [0.29, 0.717) is 10.2 Å². The summed E-state index contributed by atoms with van der Waals surface area (Å²) in [6.45, 7) is 3.74. The predicted octanol–water partition coefficient (Wildman–Crippen LogP) is 1.98. The van der Waals surface area contributed by atoms with Crippen molar-refractivity contribution in [3.05, 3.63) is 56.2 Å². The molecular weight excluding hydrogens is 431 g/mol. The van der Waals surface area contributed by atoms with Gasteiger partial charge in [-0.1, -0.05) is 0 Å². The molecule has 11 heteroatoms. The second-order valence-electron chi connectivity index (χ2n) is 6.96. The van der Waals surface area contributed by atoms with Crippen molar-refractivity contribution >= 4 is 43.0 Å². The van der Waals surface area contributed by atoms with Gasteiger partial charge in [0, 0.05) is 16.9 Å². The lowest BCUT2D eigenvalue weighted by molar-refractivity contribution is -0.120. The number of aromatic amines is 1. The van der Waals surface area contributed by atoms with E-state index in [1.165, 1.54) is 17.4 Å². The van der Waals surface area contributed by atoms with E-state index in [4.69, 9.17) is 0 Å². The number of thiophene rings is 1. The van der Waals surface area contributed by atoms with Gasteiger partial charge in [-0.15, -0.1) is 11.3 Å². The van der Waals surface area contributed by atoms with Crippen molar-refractivity contribution < 1.29 is 17.6 Å². The molecule has 1 amide bonds. The third-order valence-electron chi connectivity index (χ3n) is 4.93. The molecule has 8 nitrogen and oxygen atoms in total. The summed E-state index contributed by atoms with van der Waals surface area (Å²) in [5.74, 6) is -1.12. The van der Waals surface area contributed by atoms with Crippen LogP contribution in [0.15, 0.2) is 33.0 Å². The Morgan fingerprint density at radius 3 is 2.90 bits per heavy atom. The van der Waals surface area contributed by atoms with Crippen LogP contribution in [-0.2, 0) is 21.1 Å². The molecule has 0 unspecified atom stereocenters. The van der Waals surface area contributed by atoms with Gasteiger partial charge in [0.2, 0.25) is 5.91 Å². The van der Waals surface area contributed by atoms with E-state index >= 15 is 0 Å². The number of hydrazone groups is 1. The van der Waals surface area contributed by atoms with Crippen LogP contribution < -0.4 is 11.0 Å². The minimum atomic E-state index is -3.51. The number of nitrogens with one attached hydrogen (secondary N) is 2. The molecule has 0 radical (unpaired) electrons. The standard InChI is InChI=1S/C19H17FN4O4S2/c1-9-10(2)29-19-17(9)18(26)21-15(22-19)8-16(25)24-23-13-5-6-30(27,28)14-4-3-11(20)7-12(13)14/h3-4,7H,5-6,8H2,1-2H3,(H,24,25)(H,21,22,26)/b23-13+. The Hall–Kier alpha value is -2.92. The predicted molar refractivity (Wildman–Crippen MR) is 111 cm³/mol. The number of carbonyl (C=O) groups excluding carboxylic acids is 1. The number of amides is 1. The van der Waals surface area contributed by atoms with Crippen molar-refractivity contribution in [3.8, 4) is 0 Å². The number of rotatable bonds is 3. The van der Waals surface area contributed by atoms with Gasteiger partial charge in [-0.2, -0.15) is 5.10 Å². The Kier molecular flexibility index (Phi) is 5.02. The highest BCUT2D eigenvalue weighted by Crippen LogP contribution is 2.27. The van der Waals surface area contributed by atoms with E-state index in [1.54, 1.807) is 0 Å². The largest absolute Gasteiger partial charge is 0.309 e. The summed E-state index contributed by atoms with van der Waals surface area (Å²) in [7, 11) is -3.51. The second-order valence-corrected chi connectivity index (χ2v) is 10.2. The van der Waals surface area contributed by atoms with Crippen LogP contribution in [0, 0.1) is 19.7 Å². The average Bonchev–Trinajstić information content (AvgIpc) is 2.95. The van der Waals surface area contributed by atoms with E-state index < -0.39 is 21.6 Å². The number of hydrogen-bond acceptors (Lipinski definition) is 7. The fraction of sp³-hybridized carbons (Fsp3) is 0.263. The number of aryl methyl sites for hydroxylation is 2. The maximum absolute atomic E-state index is 13.6. The minimum Gasteiger partial charge on any atom is -0.309 e. The van der Waals surface area contributed by atoms with Crippen LogP contribution >= 0.6 is 11.3 Å². The lowest BCUT2D eigenvalue weighted by Gasteiger charge is -2.18. The first kappa shape index (κ1) is 20.4. The van der Waals surface area contributed by atoms with Crippen molar-refractivity contribution in [2.24, 2.45) is 5.10 Å². The monoisotopic (exact) mass is 448 g/mol. The Morgan fingerprint density at radius 2 is 2.13 bits per heavy atom. The van der Waals surface area contributed by atoms with Crippen LogP contribution in [0.25, 0.3) is 10.2 Å². The van der Waals surface area contributed by atoms with E-state index in [9.17, 15) is 22.4 Å². The SMILES string of the molecule is Cc1sc2nc(CC(=O)N/N=C3\CCS(=O)(=O)c4ccc(F)cc43)[nH]c(=O)c2c1C. The molecule has 156 valence electrons. The molecule has 0 atom stereocenters. The van der Waals surface area contributed by atoms with Gasteiger partial charge in [-0.05, 0) is 37.6 Å². The van der Waals surface area contributed by atoms with Crippen LogP contribution in [0.1, 0.15) is 28.2 Å². The van der Waals surface area contributed by atoms with Crippen LogP contribution in [-0.4, -0.2) is 35.8 Å². The fourth-order valence-corrected chi connectivity index (χ4v) is 5.81. The maximum Gasteiger partial charge on any atom is 0.259 e. The summed E-state index contributed by atoms with van der Waals surface area (Å²) in [5.41, 5.74) is 3.31. The Balaban J connectivity index is 1.57. The molecule has 0 fully saturated rings. The molecule has 2 N–H and O–H groups in total. The Bertz CT molecular complexity index is 1390. The molecule has 0 saturated carbocycles. The summed E-state index contributed by atoms with van der Waals surface area (Å²) < 4.78 is 38.0. The van der Waals surface area contributed by atoms with Gasteiger partial charge in [0.15, 0.2) is 9.84 Å². The third-order valence-corrected chi connectivity index (χ3v) is 7.80. The number of benzene rings is 1. The molecule has 1 aliphatic heterocycles. The highest BCUT2D eigenvalue weighted by molar-refractivity contribution is 7.91. The lowest BCUT2D eigenvalue weighted by atomic mass is 10.1. The summed E-state index contributed by atoms with van der Waals surface area (Å²) in [4.78, 5) is 33.1. The van der Waals surface area contributed by atoms with Gasteiger partial charge in [0.05, 0.1) is 28.2 Å². The first-order chi connectivity index (χ1) is 14.2. The molecular formula is C19H17FN4O4S2. The van der Waals surface area contributed by atoms with E-state index in [2.05, 4.69) is 20.5 Å². The van der Waals surface area contributed by atoms with Crippen molar-refractivity contribution in [1.29, 1.82) is 0 Å². The molecule has 0 aliphatic carbocycles. The van der Waals surface area contributed by atoms with Gasteiger partial charge in [-0.3, -0.25) is 9.59 Å². The summed E-state index contributed by atoms with van der Waals surface area (Å²) >= 11 is 1.38. The molecule has 1 aromatic carbocycles. The number of H-pyrrole nitrogens is 1. The molecule has 3 heterocycles. The number of aromatic nitrogens is 2. The normalized spacial score (nSPS) is 16.6. The molecule has 0 saturated heterocycles. The van der Waals surface area contributed by atoms with Crippen LogP contribution in [0.5, 0.6) is 0 Å². The molecule has 1 aliphatic rings. The quantitative estimate of drug-likeness (QED) is 0.469. The zero-order valence-corrected chi connectivity index (χ0v) is 17.7. The fourth-order valence-electron chi connectivity index (χ4n) is 3.30. The molecule has 4 rings (SSSR count). The Morgan fingerprint density at radius 1 is 1.37 bits per heavy atom. The maximum atomic E-state index is 13.6. The first-order valence-corrected chi connectivity index (χ1v) is 11.5. The lowest BCUT2D eigenvalue weighted by Crippen LogP contribution is -2.27. The van der Waals surface area contributed by atoms with Crippen LogP contribution in [0.2, 0.25) is 0 Å². The highest BCUT2D eigenvalue weighted by atomic mass is 32.2. The van der Waals surface area contributed by atoms with Crippen molar-refractivity contribution in [2.45, 2.75) is 31.6 Å². The molecule has 3 aromatic rings. The van der Waals surface area contributed by atoms with Gasteiger partial charge < -0.3 is 4.98 Å². The topological polar surface area (TPSA) is 121 Å². The van der Waals surface area contributed by atoms with E-state index in [1.807, 2.05) is 13.8 Å². The van der Waals surface area contributed by atoms with Crippen LogP contribution in [0.4, 0.5) is 4.39 Å². The molecule has 0 bridgehead atoms. The zero-order chi connectivity index (χ0) is 21.6. The highest BCUT2D eigenvalue weighted by Gasteiger charge is 2.28. The second kappa shape index (κ2) is 7.40. The van der Waals surface area contributed by atoms with Crippen molar-refractivity contribution in [1.82, 2.24) is 15.4 Å². The summed E-state index contributed by atoms with van der Waals surface area (Å²) in [6, 6.07) is 3.36. The molecule has 30 heavy (non-hydrogen) atoms. The third kappa shape index (κ3) is 3.65. The average molecular weight is 449 g/mol. The van der Waals surface area contributed by atoms with Crippen molar-refractivity contribution in [2.75, 3.05) is 5.75 Å². The van der Waals surface area contributed by atoms with E-state index in [0.717, 1.165) is 22.6 Å². The number of hydrogen-bond donors (Lipinski definition) is 2. The van der Waals surface area contributed by atoms with Gasteiger partial charge in [0.25, 0.3) is 5.56 Å². The smallest absolute Gasteiger partial charge is 0.259 e.